The lowest BCUT2D eigenvalue weighted by Crippen LogP contribution is -2.28. The van der Waals surface area contributed by atoms with E-state index >= 15 is 0 Å². The van der Waals surface area contributed by atoms with Gasteiger partial charge in [0.1, 0.15) is 0 Å². The second-order valence-corrected chi connectivity index (χ2v) is 7.57. The number of nitrogens with one attached hydrogen (secondary N) is 1. The van der Waals surface area contributed by atoms with Crippen LogP contribution in [0.25, 0.3) is 5.69 Å². The number of nitrogens with zero attached hydrogens (tertiary/aromatic N) is 3. The maximum Gasteiger partial charge on any atom is 0.229 e. The van der Waals surface area contributed by atoms with Gasteiger partial charge in [0.05, 0.1) is 17.3 Å². The standard InChI is InChI=1S/C23H24N4O2/c1-15-6-4-5-7-21(15)26-14-18(13-22(26)28)23(29)24-19-8-10-20(11-9-19)27-17(3)12-16(2)25-27/h4-12,18H,13-14H2,1-3H3,(H,24,29). The Labute approximate surface area is 170 Å². The van der Waals surface area contributed by atoms with E-state index in [-0.39, 0.29) is 24.2 Å². The van der Waals surface area contributed by atoms with Gasteiger partial charge in [-0.05, 0) is 62.7 Å². The highest BCUT2D eigenvalue weighted by atomic mass is 16.2. The van der Waals surface area contributed by atoms with E-state index in [0.29, 0.717) is 12.2 Å². The molecule has 1 fully saturated rings. The van der Waals surface area contributed by atoms with E-state index < -0.39 is 0 Å². The quantitative estimate of drug-likeness (QED) is 0.739. The number of benzene rings is 2. The van der Waals surface area contributed by atoms with Crippen molar-refractivity contribution in [2.24, 2.45) is 5.92 Å². The maximum atomic E-state index is 12.7. The van der Waals surface area contributed by atoms with Crippen LogP contribution in [-0.2, 0) is 9.59 Å². The van der Waals surface area contributed by atoms with Crippen LogP contribution in [0.4, 0.5) is 11.4 Å². The Morgan fingerprint density at radius 1 is 1.07 bits per heavy atom. The molecular formula is C23H24N4O2. The highest BCUT2D eigenvalue weighted by molar-refractivity contribution is 6.03. The van der Waals surface area contributed by atoms with Gasteiger partial charge in [-0.25, -0.2) is 4.68 Å². The number of amides is 2. The summed E-state index contributed by atoms with van der Waals surface area (Å²) < 4.78 is 1.87. The van der Waals surface area contributed by atoms with Gasteiger partial charge in [0.15, 0.2) is 0 Å². The van der Waals surface area contributed by atoms with Crippen molar-refractivity contribution in [3.63, 3.8) is 0 Å². The molecule has 4 rings (SSSR count). The van der Waals surface area contributed by atoms with Gasteiger partial charge in [0.2, 0.25) is 11.8 Å². The van der Waals surface area contributed by atoms with Crippen LogP contribution in [0.15, 0.2) is 54.6 Å². The molecule has 29 heavy (non-hydrogen) atoms. The summed E-state index contributed by atoms with van der Waals surface area (Å²) in [6.07, 6.45) is 0.226. The molecule has 0 bridgehead atoms. The van der Waals surface area contributed by atoms with Crippen molar-refractivity contribution in [1.82, 2.24) is 9.78 Å². The van der Waals surface area contributed by atoms with Gasteiger partial charge >= 0.3 is 0 Å². The zero-order valence-corrected chi connectivity index (χ0v) is 16.8. The Morgan fingerprint density at radius 3 is 2.45 bits per heavy atom. The minimum Gasteiger partial charge on any atom is -0.326 e. The molecule has 2 amide bonds. The van der Waals surface area contributed by atoms with Crippen LogP contribution in [0.2, 0.25) is 0 Å². The fourth-order valence-corrected chi connectivity index (χ4v) is 3.80. The van der Waals surface area contributed by atoms with Crippen molar-refractivity contribution in [3.05, 3.63) is 71.5 Å². The minimum atomic E-state index is -0.363. The van der Waals surface area contributed by atoms with Gasteiger partial charge in [0.25, 0.3) is 0 Å². The summed E-state index contributed by atoms with van der Waals surface area (Å²) in [5.74, 6) is -0.509. The molecule has 1 unspecified atom stereocenters. The van der Waals surface area contributed by atoms with Crippen molar-refractivity contribution >= 4 is 23.2 Å². The number of para-hydroxylation sites is 1. The molecule has 2 heterocycles. The third-order valence-corrected chi connectivity index (χ3v) is 5.29. The summed E-state index contributed by atoms with van der Waals surface area (Å²) in [5.41, 5.74) is 5.57. The van der Waals surface area contributed by atoms with Crippen molar-refractivity contribution in [1.29, 1.82) is 0 Å². The summed E-state index contributed by atoms with van der Waals surface area (Å²) >= 11 is 0. The smallest absolute Gasteiger partial charge is 0.229 e. The number of rotatable bonds is 4. The molecule has 1 aromatic heterocycles. The second kappa shape index (κ2) is 7.54. The van der Waals surface area contributed by atoms with Crippen molar-refractivity contribution in [3.8, 4) is 5.69 Å². The SMILES string of the molecule is Cc1cc(C)n(-c2ccc(NC(=O)C3CC(=O)N(c4ccccc4C)C3)cc2)n1. The zero-order chi connectivity index (χ0) is 20.5. The van der Waals surface area contributed by atoms with E-state index in [1.54, 1.807) is 4.90 Å². The third-order valence-electron chi connectivity index (χ3n) is 5.29. The monoisotopic (exact) mass is 388 g/mol. The Morgan fingerprint density at radius 2 is 1.79 bits per heavy atom. The van der Waals surface area contributed by atoms with Gasteiger partial charge in [-0.1, -0.05) is 18.2 Å². The Kier molecular flexibility index (Phi) is 4.92. The molecule has 2 aromatic carbocycles. The van der Waals surface area contributed by atoms with Crippen molar-refractivity contribution in [2.45, 2.75) is 27.2 Å². The van der Waals surface area contributed by atoms with Crippen molar-refractivity contribution < 1.29 is 9.59 Å². The number of carbonyl (C=O) groups is 2. The molecule has 1 aliphatic rings. The van der Waals surface area contributed by atoms with Gasteiger partial charge in [-0.3, -0.25) is 9.59 Å². The predicted octanol–water partition coefficient (Wildman–Crippen LogP) is 3.79. The maximum absolute atomic E-state index is 12.7. The predicted molar refractivity (Wildman–Crippen MR) is 113 cm³/mol. The van der Waals surface area contributed by atoms with Gasteiger partial charge in [0, 0.05) is 30.0 Å². The molecule has 6 heteroatoms. The molecule has 148 valence electrons. The van der Waals surface area contributed by atoms with Crippen LogP contribution < -0.4 is 10.2 Å². The summed E-state index contributed by atoms with van der Waals surface area (Å²) in [6, 6.07) is 17.3. The van der Waals surface area contributed by atoms with Crippen LogP contribution >= 0.6 is 0 Å². The van der Waals surface area contributed by atoms with Gasteiger partial charge in [-0.15, -0.1) is 0 Å². The average Bonchev–Trinajstić information content (AvgIpc) is 3.24. The molecule has 6 nitrogen and oxygen atoms in total. The fraction of sp³-hybridized carbons (Fsp3) is 0.261. The van der Waals surface area contributed by atoms with Crippen molar-refractivity contribution in [2.75, 3.05) is 16.8 Å². The Hall–Kier alpha value is -3.41. The van der Waals surface area contributed by atoms with E-state index in [4.69, 9.17) is 0 Å². The number of anilines is 2. The summed E-state index contributed by atoms with van der Waals surface area (Å²) in [5, 5.41) is 7.41. The van der Waals surface area contributed by atoms with Gasteiger partial charge < -0.3 is 10.2 Å². The molecule has 3 aromatic rings. The lowest BCUT2D eigenvalue weighted by molar-refractivity contribution is -0.122. The highest BCUT2D eigenvalue weighted by Crippen LogP contribution is 2.28. The van der Waals surface area contributed by atoms with E-state index in [0.717, 1.165) is 28.3 Å². The lowest BCUT2D eigenvalue weighted by atomic mass is 10.1. The lowest BCUT2D eigenvalue weighted by Gasteiger charge is -2.19. The highest BCUT2D eigenvalue weighted by Gasteiger charge is 2.35. The topological polar surface area (TPSA) is 67.2 Å². The largest absolute Gasteiger partial charge is 0.326 e. The van der Waals surface area contributed by atoms with E-state index in [9.17, 15) is 9.59 Å². The first-order valence-corrected chi connectivity index (χ1v) is 9.73. The van der Waals surface area contributed by atoms with Crippen LogP contribution in [0.5, 0.6) is 0 Å². The molecule has 1 N–H and O–H groups in total. The Bertz CT molecular complexity index is 1070. The average molecular weight is 388 g/mol. The van der Waals surface area contributed by atoms with Crippen LogP contribution in [-0.4, -0.2) is 28.1 Å². The molecule has 1 aliphatic heterocycles. The number of carbonyl (C=O) groups excluding carboxylic acids is 2. The second-order valence-electron chi connectivity index (χ2n) is 7.57. The summed E-state index contributed by atoms with van der Waals surface area (Å²) in [7, 11) is 0. The van der Waals surface area contributed by atoms with Crippen LogP contribution in [0.3, 0.4) is 0 Å². The molecular weight excluding hydrogens is 364 g/mol. The number of hydrogen-bond acceptors (Lipinski definition) is 3. The molecule has 1 saturated heterocycles. The molecule has 0 saturated carbocycles. The number of hydrogen-bond donors (Lipinski definition) is 1. The number of aromatic nitrogens is 2. The normalized spacial score (nSPS) is 16.3. The molecule has 0 radical (unpaired) electrons. The first-order valence-electron chi connectivity index (χ1n) is 9.73. The molecule has 0 aliphatic carbocycles. The first kappa shape index (κ1) is 18.9. The van der Waals surface area contributed by atoms with E-state index in [2.05, 4.69) is 10.4 Å². The van der Waals surface area contributed by atoms with E-state index in [1.165, 1.54) is 0 Å². The van der Waals surface area contributed by atoms with Gasteiger partial charge in [-0.2, -0.15) is 5.10 Å². The summed E-state index contributed by atoms with van der Waals surface area (Å²) in [4.78, 5) is 26.9. The zero-order valence-electron chi connectivity index (χ0n) is 16.8. The van der Waals surface area contributed by atoms with Crippen LogP contribution in [0.1, 0.15) is 23.4 Å². The minimum absolute atomic E-state index is 0.0145. The Balaban J connectivity index is 1.44. The van der Waals surface area contributed by atoms with Crippen LogP contribution in [0, 0.1) is 26.7 Å². The number of aryl methyl sites for hydroxylation is 3. The van der Waals surface area contributed by atoms with E-state index in [1.807, 2.05) is 80.1 Å². The molecule has 0 spiro atoms. The molecule has 1 atom stereocenters. The fourth-order valence-electron chi connectivity index (χ4n) is 3.80. The third kappa shape index (κ3) is 3.78. The first-order chi connectivity index (χ1) is 13.9. The summed E-state index contributed by atoms with van der Waals surface area (Å²) in [6.45, 7) is 6.34.